The maximum atomic E-state index is 8.83. The summed E-state index contributed by atoms with van der Waals surface area (Å²) in [5.41, 5.74) is 1.43. The normalized spacial score (nSPS) is 11.8. The van der Waals surface area contributed by atoms with Gasteiger partial charge in [-0.1, -0.05) is 62.4 Å². The van der Waals surface area contributed by atoms with E-state index in [1.807, 2.05) is 0 Å². The maximum Gasteiger partial charge on any atom is 0.403 e. The Morgan fingerprint density at radius 2 is 1.15 bits per heavy atom. The Labute approximate surface area is 123 Å². The molecule has 1 aromatic carbocycles. The highest BCUT2D eigenvalue weighted by molar-refractivity contribution is 7.58. The molecule has 0 aliphatic rings. The number of benzene rings is 1. The molecule has 0 radical (unpaired) electrons. The second-order valence-electron chi connectivity index (χ2n) is 5.48. The first-order valence-corrected chi connectivity index (χ1v) is 9.51. The number of rotatable bonds is 11. The molecular formula is C16H28O3P+. The largest absolute Gasteiger partial charge is 0.403 e. The van der Waals surface area contributed by atoms with Gasteiger partial charge in [-0.3, -0.25) is 0 Å². The van der Waals surface area contributed by atoms with Crippen molar-refractivity contribution in [1.82, 2.24) is 0 Å². The number of hydrogen-bond acceptors (Lipinski definition) is 3. The van der Waals surface area contributed by atoms with Crippen molar-refractivity contribution in [2.24, 2.45) is 0 Å². The summed E-state index contributed by atoms with van der Waals surface area (Å²) in [6.07, 6.45) is 10.4. The molecule has 4 heteroatoms. The molecule has 3 nitrogen and oxygen atoms in total. The third-order valence-corrected chi connectivity index (χ3v) is 4.43. The highest BCUT2D eigenvalue weighted by Gasteiger charge is 2.27. The van der Waals surface area contributed by atoms with Gasteiger partial charge in [-0.2, -0.15) is 14.7 Å². The molecule has 0 saturated heterocycles. The molecular weight excluding hydrogens is 271 g/mol. The van der Waals surface area contributed by atoms with E-state index in [4.69, 9.17) is 14.7 Å². The molecule has 0 saturated carbocycles. The van der Waals surface area contributed by atoms with Crippen LogP contribution >= 0.6 is 7.94 Å². The summed E-state index contributed by atoms with van der Waals surface area (Å²) >= 11 is 0. The van der Waals surface area contributed by atoms with Crippen molar-refractivity contribution in [3.8, 4) is 0 Å². The quantitative estimate of drug-likeness (QED) is 0.426. The Kier molecular flexibility index (Phi) is 9.04. The predicted octanol–water partition coefficient (Wildman–Crippen LogP) is 4.09. The smallest absolute Gasteiger partial charge is 0.193 e. The zero-order valence-electron chi connectivity index (χ0n) is 12.2. The fourth-order valence-electron chi connectivity index (χ4n) is 2.36. The fourth-order valence-corrected chi connectivity index (χ4v) is 3.01. The monoisotopic (exact) mass is 299 g/mol. The van der Waals surface area contributed by atoms with E-state index >= 15 is 0 Å². The van der Waals surface area contributed by atoms with Crippen LogP contribution in [0, 0.1) is 0 Å². The average Bonchev–Trinajstić information content (AvgIpc) is 2.41. The highest BCUT2D eigenvalue weighted by atomic mass is 31.2. The standard InChI is InChI=1S/C16H28O3P/c17-20(18,19)15-11-6-4-2-1-3-5-8-12-16-13-9-7-10-14-16/h7,9-10,13-14,17-19H,1-6,8,11-12,15H2/q+1. The zero-order valence-corrected chi connectivity index (χ0v) is 13.1. The van der Waals surface area contributed by atoms with Gasteiger partial charge in [0.15, 0.2) is 0 Å². The minimum absolute atomic E-state index is 0.157. The van der Waals surface area contributed by atoms with E-state index in [0.717, 1.165) is 12.8 Å². The topological polar surface area (TPSA) is 60.7 Å². The summed E-state index contributed by atoms with van der Waals surface area (Å²) in [6.45, 7) is 0. The van der Waals surface area contributed by atoms with E-state index < -0.39 is 7.94 Å². The van der Waals surface area contributed by atoms with Crippen LogP contribution in [-0.2, 0) is 6.42 Å². The second-order valence-corrected chi connectivity index (χ2v) is 7.31. The predicted molar refractivity (Wildman–Crippen MR) is 85.5 cm³/mol. The second kappa shape index (κ2) is 10.3. The molecule has 1 aromatic rings. The van der Waals surface area contributed by atoms with Gasteiger partial charge < -0.3 is 0 Å². The molecule has 0 amide bonds. The highest BCUT2D eigenvalue weighted by Crippen LogP contribution is 2.45. The van der Waals surface area contributed by atoms with E-state index in [1.165, 1.54) is 44.1 Å². The fraction of sp³-hybridized carbons (Fsp3) is 0.625. The Morgan fingerprint density at radius 1 is 0.650 bits per heavy atom. The molecule has 0 spiro atoms. The van der Waals surface area contributed by atoms with Gasteiger partial charge in [-0.15, -0.1) is 0 Å². The van der Waals surface area contributed by atoms with E-state index in [-0.39, 0.29) is 6.16 Å². The van der Waals surface area contributed by atoms with Crippen molar-refractivity contribution >= 4 is 7.94 Å². The van der Waals surface area contributed by atoms with Crippen LogP contribution in [0.4, 0.5) is 0 Å². The molecule has 114 valence electrons. The van der Waals surface area contributed by atoms with Crippen molar-refractivity contribution in [3.63, 3.8) is 0 Å². The molecule has 3 N–H and O–H groups in total. The summed E-state index contributed by atoms with van der Waals surface area (Å²) < 4.78 is 0. The van der Waals surface area contributed by atoms with Crippen molar-refractivity contribution < 1.29 is 14.7 Å². The van der Waals surface area contributed by atoms with Gasteiger partial charge >= 0.3 is 7.94 Å². The molecule has 0 aliphatic carbocycles. The van der Waals surface area contributed by atoms with Gasteiger partial charge in [0.25, 0.3) is 0 Å². The average molecular weight is 299 g/mol. The van der Waals surface area contributed by atoms with Crippen LogP contribution in [0.3, 0.4) is 0 Å². The first-order valence-electron chi connectivity index (χ1n) is 7.68. The minimum atomic E-state index is -3.52. The van der Waals surface area contributed by atoms with Crippen molar-refractivity contribution in [2.45, 2.75) is 57.8 Å². The summed E-state index contributed by atoms with van der Waals surface area (Å²) in [6, 6.07) is 10.6. The first kappa shape index (κ1) is 17.6. The summed E-state index contributed by atoms with van der Waals surface area (Å²) in [5.74, 6) is 0. The van der Waals surface area contributed by atoms with Crippen LogP contribution in [0.1, 0.15) is 56.9 Å². The minimum Gasteiger partial charge on any atom is -0.193 e. The number of hydrogen-bond donors (Lipinski definition) is 3. The lowest BCUT2D eigenvalue weighted by atomic mass is 10.0. The van der Waals surface area contributed by atoms with Crippen LogP contribution < -0.4 is 0 Å². The Morgan fingerprint density at radius 3 is 1.70 bits per heavy atom. The lowest BCUT2D eigenvalue weighted by Crippen LogP contribution is -1.95. The molecule has 0 aromatic heterocycles. The molecule has 1 rings (SSSR count). The molecule has 0 heterocycles. The van der Waals surface area contributed by atoms with Crippen molar-refractivity contribution in [1.29, 1.82) is 0 Å². The van der Waals surface area contributed by atoms with Gasteiger partial charge in [-0.25, -0.2) is 0 Å². The van der Waals surface area contributed by atoms with Crippen LogP contribution in [0.25, 0.3) is 0 Å². The van der Waals surface area contributed by atoms with Crippen molar-refractivity contribution in [3.05, 3.63) is 35.9 Å². The number of unbranched alkanes of at least 4 members (excludes halogenated alkanes) is 7. The van der Waals surface area contributed by atoms with Crippen molar-refractivity contribution in [2.75, 3.05) is 6.16 Å². The van der Waals surface area contributed by atoms with E-state index in [9.17, 15) is 0 Å². The van der Waals surface area contributed by atoms with E-state index in [2.05, 4.69) is 30.3 Å². The summed E-state index contributed by atoms with van der Waals surface area (Å²) in [5, 5.41) is 0. The molecule has 0 fully saturated rings. The molecule has 20 heavy (non-hydrogen) atoms. The molecule has 0 unspecified atom stereocenters. The lowest BCUT2D eigenvalue weighted by Gasteiger charge is -2.04. The molecule has 0 atom stereocenters. The maximum absolute atomic E-state index is 8.83. The third kappa shape index (κ3) is 10.3. The van der Waals surface area contributed by atoms with Crippen LogP contribution in [0.15, 0.2) is 30.3 Å². The van der Waals surface area contributed by atoms with Crippen LogP contribution in [0.2, 0.25) is 0 Å². The van der Waals surface area contributed by atoms with Crippen LogP contribution in [0.5, 0.6) is 0 Å². The van der Waals surface area contributed by atoms with Gasteiger partial charge in [0.05, 0.1) is 0 Å². The first-order chi connectivity index (χ1) is 9.58. The Balaban J connectivity index is 1.83. The number of aryl methyl sites for hydroxylation is 1. The Bertz CT molecular complexity index is 335. The van der Waals surface area contributed by atoms with E-state index in [0.29, 0.717) is 6.42 Å². The zero-order chi connectivity index (χ0) is 14.7. The van der Waals surface area contributed by atoms with E-state index in [1.54, 1.807) is 0 Å². The summed E-state index contributed by atoms with van der Waals surface area (Å²) in [7, 11) is -3.52. The van der Waals surface area contributed by atoms with Gasteiger partial charge in [0, 0.05) is 0 Å². The Hall–Kier alpha value is -0.470. The summed E-state index contributed by atoms with van der Waals surface area (Å²) in [4.78, 5) is 26.5. The SMILES string of the molecule is O[P+](O)(O)CCCCCCCCCCc1ccccc1. The lowest BCUT2D eigenvalue weighted by molar-refractivity contribution is 0.328. The van der Waals surface area contributed by atoms with Gasteiger partial charge in [0.2, 0.25) is 0 Å². The third-order valence-electron chi connectivity index (χ3n) is 3.52. The molecule has 0 aliphatic heterocycles. The van der Waals surface area contributed by atoms with Gasteiger partial charge in [0.1, 0.15) is 6.16 Å². The van der Waals surface area contributed by atoms with Gasteiger partial charge in [-0.05, 0) is 31.2 Å². The molecule has 0 bridgehead atoms. The van der Waals surface area contributed by atoms with Crippen LogP contribution in [-0.4, -0.2) is 20.8 Å².